The molecule has 0 saturated carbocycles. The van der Waals surface area contributed by atoms with Gasteiger partial charge in [0.05, 0.1) is 20.8 Å². The molecule has 0 bridgehead atoms. The van der Waals surface area contributed by atoms with Gasteiger partial charge in [-0.2, -0.15) is 0 Å². The van der Waals surface area contributed by atoms with Crippen LogP contribution in [-0.2, 0) is 14.3 Å². The van der Waals surface area contributed by atoms with E-state index in [9.17, 15) is 9.59 Å². The average molecular weight is 397 g/mol. The Bertz CT molecular complexity index is 832. The van der Waals surface area contributed by atoms with Crippen molar-refractivity contribution in [1.82, 2.24) is 5.32 Å². The van der Waals surface area contributed by atoms with E-state index in [2.05, 4.69) is 5.32 Å². The van der Waals surface area contributed by atoms with Crippen LogP contribution in [0.3, 0.4) is 0 Å². The second-order valence-corrected chi connectivity index (χ2v) is 6.34. The van der Waals surface area contributed by atoms with Crippen LogP contribution in [0.25, 0.3) is 6.08 Å². The molecule has 0 aliphatic heterocycles. The fraction of sp³-hybridized carbons (Fsp3) is 0.304. The first-order chi connectivity index (χ1) is 14.1. The van der Waals surface area contributed by atoms with Gasteiger partial charge >= 0.3 is 5.97 Å². The summed E-state index contributed by atoms with van der Waals surface area (Å²) in [4.78, 5) is 24.3. The maximum atomic E-state index is 12.4. The molecule has 0 aromatic heterocycles. The summed E-state index contributed by atoms with van der Waals surface area (Å²) < 4.78 is 16.2. The fourth-order valence-electron chi connectivity index (χ4n) is 2.71. The van der Waals surface area contributed by atoms with E-state index in [1.807, 2.05) is 37.3 Å². The van der Waals surface area contributed by atoms with Crippen molar-refractivity contribution in [2.24, 2.45) is 0 Å². The predicted octanol–water partition coefficient (Wildman–Crippen LogP) is 3.92. The number of rotatable bonds is 10. The van der Waals surface area contributed by atoms with Crippen LogP contribution >= 0.6 is 0 Å². The minimum Gasteiger partial charge on any atom is -0.493 e. The van der Waals surface area contributed by atoms with Crippen molar-refractivity contribution >= 4 is 18.0 Å². The zero-order valence-electron chi connectivity index (χ0n) is 17.0. The van der Waals surface area contributed by atoms with Gasteiger partial charge in [-0.25, -0.2) is 4.79 Å². The van der Waals surface area contributed by atoms with Gasteiger partial charge in [-0.1, -0.05) is 43.3 Å². The minimum absolute atomic E-state index is 0.0890. The number of carbonyl (C=O) groups is 2. The summed E-state index contributed by atoms with van der Waals surface area (Å²) in [6.07, 6.45) is 3.55. The molecule has 1 amide bonds. The molecular weight excluding hydrogens is 370 g/mol. The molecule has 2 aromatic rings. The molecule has 29 heavy (non-hydrogen) atoms. The maximum absolute atomic E-state index is 12.4. The quantitative estimate of drug-likeness (QED) is 0.486. The molecule has 0 unspecified atom stereocenters. The van der Waals surface area contributed by atoms with E-state index in [0.29, 0.717) is 23.5 Å². The Hall–Kier alpha value is -3.28. The monoisotopic (exact) mass is 397 g/mol. The van der Waals surface area contributed by atoms with Crippen LogP contribution in [0.4, 0.5) is 0 Å². The predicted molar refractivity (Wildman–Crippen MR) is 112 cm³/mol. The lowest BCUT2D eigenvalue weighted by Crippen LogP contribution is -2.30. The molecular formula is C23H27NO5. The van der Waals surface area contributed by atoms with Crippen molar-refractivity contribution in [2.45, 2.75) is 25.9 Å². The molecule has 2 aromatic carbocycles. The first-order valence-electron chi connectivity index (χ1n) is 9.49. The van der Waals surface area contributed by atoms with E-state index >= 15 is 0 Å². The Balaban J connectivity index is 2.17. The normalized spacial score (nSPS) is 11.7. The number of benzene rings is 2. The number of ether oxygens (including phenoxy) is 3. The number of nitrogens with one attached hydrogen (secondary N) is 1. The Morgan fingerprint density at radius 3 is 2.41 bits per heavy atom. The molecule has 1 atom stereocenters. The second kappa shape index (κ2) is 11.5. The van der Waals surface area contributed by atoms with Gasteiger partial charge in [-0.15, -0.1) is 0 Å². The number of hydrogen-bond acceptors (Lipinski definition) is 5. The topological polar surface area (TPSA) is 73.9 Å². The van der Waals surface area contributed by atoms with Crippen LogP contribution in [0.5, 0.6) is 11.5 Å². The Morgan fingerprint density at radius 2 is 1.76 bits per heavy atom. The third-order valence-corrected chi connectivity index (χ3v) is 4.21. The van der Waals surface area contributed by atoms with Crippen LogP contribution in [-0.4, -0.2) is 32.6 Å². The summed E-state index contributed by atoms with van der Waals surface area (Å²) in [5.41, 5.74) is 1.59. The molecule has 0 aliphatic carbocycles. The summed E-state index contributed by atoms with van der Waals surface area (Å²) in [5, 5.41) is 2.82. The van der Waals surface area contributed by atoms with Gasteiger partial charge in [0, 0.05) is 12.5 Å². The lowest BCUT2D eigenvalue weighted by atomic mass is 10.1. The second-order valence-electron chi connectivity index (χ2n) is 6.34. The van der Waals surface area contributed by atoms with Gasteiger partial charge in [0.2, 0.25) is 5.91 Å². The van der Waals surface area contributed by atoms with E-state index in [4.69, 9.17) is 14.2 Å². The first kappa shape index (κ1) is 22.0. The first-order valence-corrected chi connectivity index (χ1v) is 9.49. The Kier molecular flexibility index (Phi) is 8.76. The molecule has 0 radical (unpaired) electrons. The van der Waals surface area contributed by atoms with Crippen molar-refractivity contribution in [2.75, 3.05) is 20.8 Å². The zero-order valence-corrected chi connectivity index (χ0v) is 17.0. The number of carbonyl (C=O) groups excluding carboxylic acids is 2. The molecule has 0 saturated heterocycles. The maximum Gasteiger partial charge on any atom is 0.331 e. The van der Waals surface area contributed by atoms with Crippen LogP contribution in [0.1, 0.15) is 37.0 Å². The molecule has 1 N–H and O–H groups in total. The van der Waals surface area contributed by atoms with Crippen molar-refractivity contribution < 1.29 is 23.8 Å². The van der Waals surface area contributed by atoms with Crippen LogP contribution in [0.2, 0.25) is 0 Å². The SMILES string of the molecule is CCCC(=O)NC[C@@H](OC(=O)C=Cc1ccccc1)c1ccc(OC)c(OC)c1. The third kappa shape index (κ3) is 6.99. The largest absolute Gasteiger partial charge is 0.493 e. The highest BCUT2D eigenvalue weighted by Crippen LogP contribution is 2.31. The molecule has 0 fully saturated rings. The lowest BCUT2D eigenvalue weighted by molar-refractivity contribution is -0.143. The third-order valence-electron chi connectivity index (χ3n) is 4.21. The number of hydrogen-bond donors (Lipinski definition) is 1. The highest BCUT2D eigenvalue weighted by molar-refractivity contribution is 5.87. The lowest BCUT2D eigenvalue weighted by Gasteiger charge is -2.19. The summed E-state index contributed by atoms with van der Waals surface area (Å²) in [7, 11) is 3.09. The minimum atomic E-state index is -0.663. The highest BCUT2D eigenvalue weighted by Gasteiger charge is 2.19. The number of methoxy groups -OCH3 is 2. The van der Waals surface area contributed by atoms with Gasteiger partial charge < -0.3 is 19.5 Å². The molecule has 0 heterocycles. The molecule has 6 nitrogen and oxygen atoms in total. The van der Waals surface area contributed by atoms with Gasteiger partial charge in [0.1, 0.15) is 6.10 Å². The van der Waals surface area contributed by atoms with E-state index in [1.54, 1.807) is 31.4 Å². The van der Waals surface area contributed by atoms with E-state index in [-0.39, 0.29) is 12.5 Å². The standard InChI is InChI=1S/C23H27NO5/c1-4-8-22(25)24-16-21(18-12-13-19(27-2)20(15-18)28-3)29-23(26)14-11-17-9-6-5-7-10-17/h5-7,9-15,21H,4,8,16H2,1-3H3,(H,24,25)/t21-/m1/s1. The fourth-order valence-corrected chi connectivity index (χ4v) is 2.71. The van der Waals surface area contributed by atoms with Gasteiger partial charge in [0.15, 0.2) is 11.5 Å². The van der Waals surface area contributed by atoms with Crippen molar-refractivity contribution in [3.05, 3.63) is 65.7 Å². The highest BCUT2D eigenvalue weighted by atomic mass is 16.5. The Morgan fingerprint density at radius 1 is 1.03 bits per heavy atom. The van der Waals surface area contributed by atoms with Crippen molar-refractivity contribution in [1.29, 1.82) is 0 Å². The van der Waals surface area contributed by atoms with Crippen molar-refractivity contribution in [3.63, 3.8) is 0 Å². The average Bonchev–Trinajstić information content (AvgIpc) is 2.75. The summed E-state index contributed by atoms with van der Waals surface area (Å²) in [6.45, 7) is 2.10. The van der Waals surface area contributed by atoms with Crippen LogP contribution in [0.15, 0.2) is 54.6 Å². The summed E-state index contributed by atoms with van der Waals surface area (Å²) in [5.74, 6) is 0.498. The number of esters is 1. The summed E-state index contributed by atoms with van der Waals surface area (Å²) >= 11 is 0. The molecule has 6 heteroatoms. The zero-order chi connectivity index (χ0) is 21.1. The van der Waals surface area contributed by atoms with Crippen LogP contribution in [0, 0.1) is 0 Å². The number of amides is 1. The molecule has 0 aliphatic rings. The van der Waals surface area contributed by atoms with Crippen molar-refractivity contribution in [3.8, 4) is 11.5 Å². The summed E-state index contributed by atoms with van der Waals surface area (Å²) in [6, 6.07) is 14.7. The van der Waals surface area contributed by atoms with E-state index in [0.717, 1.165) is 12.0 Å². The smallest absolute Gasteiger partial charge is 0.331 e. The van der Waals surface area contributed by atoms with Gasteiger partial charge in [-0.3, -0.25) is 4.79 Å². The molecule has 0 spiro atoms. The van der Waals surface area contributed by atoms with Gasteiger partial charge in [-0.05, 0) is 35.8 Å². The molecule has 154 valence electrons. The van der Waals surface area contributed by atoms with Gasteiger partial charge in [0.25, 0.3) is 0 Å². The van der Waals surface area contributed by atoms with E-state index < -0.39 is 12.1 Å². The molecule has 2 rings (SSSR count). The van der Waals surface area contributed by atoms with E-state index in [1.165, 1.54) is 13.2 Å². The van der Waals surface area contributed by atoms with Crippen LogP contribution < -0.4 is 14.8 Å². The Labute approximate surface area is 171 Å².